The molecule has 0 saturated carbocycles. The predicted molar refractivity (Wildman–Crippen MR) is 330 cm³/mol. The van der Waals surface area contributed by atoms with E-state index in [9.17, 15) is 0 Å². The van der Waals surface area contributed by atoms with Gasteiger partial charge in [-0.1, -0.05) is 207 Å². The first kappa shape index (κ1) is 46.1. The van der Waals surface area contributed by atoms with Crippen molar-refractivity contribution in [2.75, 3.05) is 9.80 Å². The SMILES string of the molecule is C=Cc1cc(-c2ccc(-c3c(-c4ccc(-c5ccc6ccccc6c5)cc4)c4ccc(N5c6ccccc6CCc6ccccc65)cc4c4cc(N5c6ccccc6CCc6ccccc65)ccc34)cc2)ccc1/C=C\C. The fourth-order valence-corrected chi connectivity index (χ4v) is 12.5. The fourth-order valence-electron chi connectivity index (χ4n) is 12.5. The molecule has 366 valence electrons. The maximum absolute atomic E-state index is 4.17. The summed E-state index contributed by atoms with van der Waals surface area (Å²) in [5.74, 6) is 0. The number of aryl methyl sites for hydroxylation is 4. The van der Waals surface area contributed by atoms with Gasteiger partial charge in [-0.25, -0.2) is 0 Å². The molecule has 0 N–H and O–H groups in total. The van der Waals surface area contributed by atoms with E-state index in [1.807, 2.05) is 6.08 Å². The lowest BCUT2D eigenvalue weighted by Gasteiger charge is -2.29. The number of anilines is 6. The number of hydrogen-bond acceptors (Lipinski definition) is 2. The molecular formula is C75H56N2. The van der Waals surface area contributed by atoms with E-state index in [-0.39, 0.29) is 0 Å². The third kappa shape index (κ3) is 8.13. The summed E-state index contributed by atoms with van der Waals surface area (Å²) in [5, 5.41) is 7.32. The van der Waals surface area contributed by atoms with Crippen molar-refractivity contribution in [2.45, 2.75) is 32.6 Å². The van der Waals surface area contributed by atoms with Crippen LogP contribution in [0.25, 0.3) is 89.0 Å². The van der Waals surface area contributed by atoms with Crippen LogP contribution in [0.4, 0.5) is 34.1 Å². The average molecular weight is 985 g/mol. The molecule has 12 aromatic carbocycles. The van der Waals surface area contributed by atoms with Crippen LogP contribution in [0, 0.1) is 0 Å². The lowest BCUT2D eigenvalue weighted by molar-refractivity contribution is 0.977. The van der Waals surface area contributed by atoms with E-state index in [2.05, 4.69) is 278 Å². The minimum absolute atomic E-state index is 0.986. The molecule has 12 aromatic rings. The Morgan fingerprint density at radius 3 is 1.17 bits per heavy atom. The Bertz CT molecular complexity index is 4210. The average Bonchev–Trinajstić information content (AvgIpc) is 3.79. The Morgan fingerprint density at radius 1 is 0.325 bits per heavy atom. The van der Waals surface area contributed by atoms with Gasteiger partial charge in [-0.3, -0.25) is 0 Å². The molecule has 2 aliphatic heterocycles. The van der Waals surface area contributed by atoms with Crippen LogP contribution < -0.4 is 9.80 Å². The summed E-state index contributed by atoms with van der Waals surface area (Å²) in [6.07, 6.45) is 10.1. The van der Waals surface area contributed by atoms with Crippen LogP contribution >= 0.6 is 0 Å². The molecule has 14 rings (SSSR count). The van der Waals surface area contributed by atoms with Crippen molar-refractivity contribution in [2.24, 2.45) is 0 Å². The van der Waals surface area contributed by atoms with Crippen molar-refractivity contribution < 1.29 is 0 Å². The van der Waals surface area contributed by atoms with E-state index in [0.717, 1.165) is 42.6 Å². The monoisotopic (exact) mass is 984 g/mol. The first-order valence-electron chi connectivity index (χ1n) is 27.1. The highest BCUT2D eigenvalue weighted by molar-refractivity contribution is 6.23. The molecule has 0 spiro atoms. The summed E-state index contributed by atoms with van der Waals surface area (Å²) in [4.78, 5) is 5.03. The maximum atomic E-state index is 4.17. The molecule has 77 heavy (non-hydrogen) atoms. The highest BCUT2D eigenvalue weighted by Crippen LogP contribution is 2.51. The molecule has 2 heterocycles. The molecule has 0 fully saturated rings. The van der Waals surface area contributed by atoms with Gasteiger partial charge in [0.05, 0.1) is 0 Å². The van der Waals surface area contributed by atoms with Crippen LogP contribution in [0.15, 0.2) is 255 Å². The quantitative estimate of drug-likeness (QED) is 0.140. The van der Waals surface area contributed by atoms with Crippen molar-refractivity contribution in [3.05, 3.63) is 289 Å². The smallest absolute Gasteiger partial charge is 0.0493 e. The zero-order valence-corrected chi connectivity index (χ0v) is 43.3. The Balaban J connectivity index is 1.04. The van der Waals surface area contributed by atoms with Gasteiger partial charge in [-0.05, 0) is 203 Å². The third-order valence-corrected chi connectivity index (χ3v) is 16.3. The number of allylic oxidation sites excluding steroid dienone is 1. The Labute approximate surface area is 451 Å². The molecule has 0 atom stereocenters. The molecule has 0 aromatic heterocycles. The number of benzene rings is 12. The van der Waals surface area contributed by atoms with Gasteiger partial charge in [0.1, 0.15) is 0 Å². The second-order valence-corrected chi connectivity index (χ2v) is 20.7. The number of hydrogen-bond donors (Lipinski definition) is 0. The van der Waals surface area contributed by atoms with Crippen molar-refractivity contribution in [3.63, 3.8) is 0 Å². The number of nitrogens with zero attached hydrogens (tertiary/aromatic N) is 2. The summed E-state index contributed by atoms with van der Waals surface area (Å²) in [6.45, 7) is 6.23. The van der Waals surface area contributed by atoms with Crippen molar-refractivity contribution >= 4 is 78.6 Å². The normalized spacial score (nSPS) is 13.0. The minimum Gasteiger partial charge on any atom is -0.310 e. The summed E-state index contributed by atoms with van der Waals surface area (Å²) in [5.41, 5.74) is 24.4. The van der Waals surface area contributed by atoms with Gasteiger partial charge < -0.3 is 9.80 Å². The van der Waals surface area contributed by atoms with Crippen LogP contribution in [-0.4, -0.2) is 0 Å². The molecule has 0 aliphatic carbocycles. The molecule has 0 amide bonds. The molecule has 0 unspecified atom stereocenters. The molecule has 0 saturated heterocycles. The Morgan fingerprint density at radius 2 is 0.714 bits per heavy atom. The van der Waals surface area contributed by atoms with Gasteiger partial charge in [-0.15, -0.1) is 0 Å². The molecule has 2 nitrogen and oxygen atoms in total. The topological polar surface area (TPSA) is 6.48 Å². The fraction of sp³-hybridized carbons (Fsp3) is 0.0667. The van der Waals surface area contributed by atoms with E-state index in [4.69, 9.17) is 0 Å². The van der Waals surface area contributed by atoms with Gasteiger partial charge in [0, 0.05) is 34.1 Å². The molecule has 2 aliphatic rings. The van der Waals surface area contributed by atoms with E-state index in [1.165, 1.54) is 127 Å². The van der Waals surface area contributed by atoms with Gasteiger partial charge in [0.2, 0.25) is 0 Å². The van der Waals surface area contributed by atoms with E-state index >= 15 is 0 Å². The van der Waals surface area contributed by atoms with Gasteiger partial charge in [0.15, 0.2) is 0 Å². The van der Waals surface area contributed by atoms with Gasteiger partial charge in [-0.2, -0.15) is 0 Å². The van der Waals surface area contributed by atoms with E-state index < -0.39 is 0 Å². The third-order valence-electron chi connectivity index (χ3n) is 16.3. The largest absolute Gasteiger partial charge is 0.310 e. The van der Waals surface area contributed by atoms with E-state index in [0.29, 0.717) is 0 Å². The van der Waals surface area contributed by atoms with Crippen molar-refractivity contribution in [1.82, 2.24) is 0 Å². The first-order valence-corrected chi connectivity index (χ1v) is 27.1. The van der Waals surface area contributed by atoms with Crippen LogP contribution in [0.2, 0.25) is 0 Å². The Kier molecular flexibility index (Phi) is 11.6. The zero-order valence-electron chi connectivity index (χ0n) is 43.3. The summed E-state index contributed by atoms with van der Waals surface area (Å²) in [6, 6.07) is 91.2. The number of rotatable bonds is 8. The minimum atomic E-state index is 0.986. The maximum Gasteiger partial charge on any atom is 0.0493 e. The van der Waals surface area contributed by atoms with Crippen molar-refractivity contribution in [1.29, 1.82) is 0 Å². The van der Waals surface area contributed by atoms with Crippen molar-refractivity contribution in [3.8, 4) is 44.5 Å². The van der Waals surface area contributed by atoms with Gasteiger partial charge in [0.25, 0.3) is 0 Å². The highest BCUT2D eigenvalue weighted by Gasteiger charge is 2.27. The molecule has 0 bridgehead atoms. The standard InChI is InChI=1S/C75H56N2/c1-3-15-51-30-40-62(46-50(51)4-2)53-26-36-59(37-27-53)74-66-44-42-64(76-70-22-11-7-17-55(70)32-33-56-18-8-12-23-71(56)76)48-68(66)69-49-65(77-72-24-13-9-19-57(72)34-35-58-20-10-14-25-73(58)77)43-45-67(69)75(74)60-38-28-54(29-39-60)63-41-31-52-16-5-6-21-61(52)47-63/h3-31,36-49H,2,32-35H2,1H3/b15-3-. The predicted octanol–water partition coefficient (Wildman–Crippen LogP) is 20.6. The lowest BCUT2D eigenvalue weighted by Crippen LogP contribution is -2.12. The molecule has 0 radical (unpaired) electrons. The van der Waals surface area contributed by atoms with Crippen LogP contribution in [-0.2, 0) is 25.7 Å². The Hall–Kier alpha value is -9.50. The second-order valence-electron chi connectivity index (χ2n) is 20.7. The van der Waals surface area contributed by atoms with Crippen LogP contribution in [0.5, 0.6) is 0 Å². The summed E-state index contributed by atoms with van der Waals surface area (Å²) < 4.78 is 0. The second kappa shape index (κ2) is 19.3. The zero-order chi connectivity index (χ0) is 51.4. The van der Waals surface area contributed by atoms with E-state index in [1.54, 1.807) is 0 Å². The molecular weight excluding hydrogens is 929 g/mol. The lowest BCUT2D eigenvalue weighted by atomic mass is 9.83. The first-order chi connectivity index (χ1) is 38.1. The molecule has 2 heteroatoms. The summed E-state index contributed by atoms with van der Waals surface area (Å²) >= 11 is 0. The highest BCUT2D eigenvalue weighted by atomic mass is 15.2. The van der Waals surface area contributed by atoms with Gasteiger partial charge >= 0.3 is 0 Å². The van der Waals surface area contributed by atoms with Crippen LogP contribution in [0.3, 0.4) is 0 Å². The van der Waals surface area contributed by atoms with Crippen LogP contribution in [0.1, 0.15) is 40.3 Å². The number of fused-ring (bicyclic) bond motifs is 8. The number of para-hydroxylation sites is 4. The summed E-state index contributed by atoms with van der Waals surface area (Å²) in [7, 11) is 0.